The third-order valence-corrected chi connectivity index (χ3v) is 2.53. The monoisotopic (exact) mass is 275 g/mol. The zero-order valence-corrected chi connectivity index (χ0v) is 10.1. The largest absolute Gasteiger partial charge is 0.147 e. The van der Waals surface area contributed by atoms with E-state index < -0.39 is 0 Å². The number of hydrogen-bond acceptors (Lipinski definition) is 0. The second-order valence-corrected chi connectivity index (χ2v) is 3.46. The Labute approximate surface area is 103 Å². The molecule has 0 spiro atoms. The molecule has 0 heterocycles. The quantitative estimate of drug-likeness (QED) is 0.332. The molecule has 0 aliphatic rings. The molecule has 3 aromatic rings. The summed E-state index contributed by atoms with van der Waals surface area (Å²) in [7, 11) is 0. The van der Waals surface area contributed by atoms with Crippen LogP contribution in [0.3, 0.4) is 0 Å². The van der Waals surface area contributed by atoms with Gasteiger partial charge in [-0.15, -0.1) is 41.1 Å². The minimum absolute atomic E-state index is 0. The van der Waals surface area contributed by atoms with E-state index in [9.17, 15) is 0 Å². The minimum Gasteiger partial charge on any atom is -0.147 e. The number of benzene rings is 3. The van der Waals surface area contributed by atoms with Gasteiger partial charge in [0.15, 0.2) is 0 Å². The normalized spacial score (nSPS) is 10.1. The van der Waals surface area contributed by atoms with Crippen molar-refractivity contribution in [1.29, 1.82) is 0 Å². The van der Waals surface area contributed by atoms with Gasteiger partial charge >= 0.3 is 0 Å². The molecule has 0 radical (unpaired) electrons. The number of fused-ring (bicyclic) bond motifs is 2. The summed E-state index contributed by atoms with van der Waals surface area (Å²) in [4.78, 5) is 0. The van der Waals surface area contributed by atoms with Crippen LogP contribution < -0.4 is 0 Å². The maximum Gasteiger partial charge on any atom is 0 e. The van der Waals surface area contributed by atoms with Crippen LogP contribution in [-0.4, -0.2) is 0 Å². The van der Waals surface area contributed by atoms with Gasteiger partial charge in [0.2, 0.25) is 0 Å². The summed E-state index contributed by atoms with van der Waals surface area (Å²) in [6, 6.07) is 22.2. The van der Waals surface area contributed by atoms with Gasteiger partial charge in [0.25, 0.3) is 0 Å². The minimum atomic E-state index is 0. The van der Waals surface area contributed by atoms with Crippen LogP contribution in [0, 0.1) is 6.07 Å². The van der Waals surface area contributed by atoms with Gasteiger partial charge in [-0.05, 0) is 5.39 Å². The summed E-state index contributed by atoms with van der Waals surface area (Å²) in [5, 5.41) is 5.01. The van der Waals surface area contributed by atoms with Crippen molar-refractivity contribution in [2.24, 2.45) is 0 Å². The molecule has 0 amide bonds. The molecule has 0 unspecified atom stereocenters. The first-order valence-corrected chi connectivity index (χ1v) is 4.73. The Morgan fingerprint density at radius 1 is 0.733 bits per heavy atom. The summed E-state index contributed by atoms with van der Waals surface area (Å²) < 4.78 is 0. The van der Waals surface area contributed by atoms with Crippen LogP contribution in [0.1, 0.15) is 0 Å². The van der Waals surface area contributed by atoms with E-state index in [-0.39, 0.29) is 21.1 Å². The molecule has 0 fully saturated rings. The Hall–Kier alpha value is -1.13. The molecule has 0 nitrogen and oxygen atoms in total. The van der Waals surface area contributed by atoms with E-state index in [0.717, 1.165) is 0 Å². The average molecular weight is 273 g/mol. The molecule has 3 rings (SSSR count). The van der Waals surface area contributed by atoms with E-state index in [1.807, 2.05) is 12.1 Å². The van der Waals surface area contributed by atoms with Crippen LogP contribution in [0.25, 0.3) is 21.5 Å². The summed E-state index contributed by atoms with van der Waals surface area (Å²) in [6.45, 7) is 0. The second-order valence-electron chi connectivity index (χ2n) is 3.46. The van der Waals surface area contributed by atoms with Crippen molar-refractivity contribution in [2.45, 2.75) is 0 Å². The van der Waals surface area contributed by atoms with Crippen molar-refractivity contribution >= 4 is 21.5 Å². The molecule has 0 bridgehead atoms. The number of rotatable bonds is 0. The molecule has 0 saturated heterocycles. The van der Waals surface area contributed by atoms with Crippen LogP contribution in [-0.2, 0) is 21.1 Å². The average Bonchev–Trinajstić information content (AvgIpc) is 2.26. The zero-order chi connectivity index (χ0) is 9.38. The van der Waals surface area contributed by atoms with Crippen molar-refractivity contribution < 1.29 is 21.1 Å². The van der Waals surface area contributed by atoms with E-state index in [1.165, 1.54) is 21.5 Å². The molecule has 15 heavy (non-hydrogen) atoms. The Morgan fingerprint density at radius 3 is 2.20 bits per heavy atom. The summed E-state index contributed by atoms with van der Waals surface area (Å²) >= 11 is 0. The van der Waals surface area contributed by atoms with Gasteiger partial charge in [0.1, 0.15) is 0 Å². The van der Waals surface area contributed by atoms with Gasteiger partial charge in [-0.3, -0.25) is 0 Å². The van der Waals surface area contributed by atoms with E-state index >= 15 is 0 Å². The van der Waals surface area contributed by atoms with Gasteiger partial charge in [-0.1, -0.05) is 35.7 Å². The standard InChI is InChI=1S/C14H9.Mo/c1-2-6-12-10-14-8-4-3-7-13(14)9-11(12)5-1;/h1-7,9-10H;/q-1;. The van der Waals surface area contributed by atoms with Crippen LogP contribution in [0.5, 0.6) is 0 Å². The van der Waals surface area contributed by atoms with Gasteiger partial charge in [0.05, 0.1) is 0 Å². The molecular weight excluding hydrogens is 264 g/mol. The molecular formula is C14H9Mo-. The molecule has 0 aromatic heterocycles. The van der Waals surface area contributed by atoms with Crippen molar-refractivity contribution in [1.82, 2.24) is 0 Å². The molecule has 0 atom stereocenters. The molecule has 72 valence electrons. The Bertz CT molecular complexity index is 494. The Morgan fingerprint density at radius 2 is 1.40 bits per heavy atom. The number of hydrogen-bond donors (Lipinski definition) is 0. The van der Waals surface area contributed by atoms with Crippen molar-refractivity contribution in [3.63, 3.8) is 0 Å². The summed E-state index contributed by atoms with van der Waals surface area (Å²) in [6.07, 6.45) is 0. The van der Waals surface area contributed by atoms with Gasteiger partial charge in [-0.2, -0.15) is 0 Å². The van der Waals surface area contributed by atoms with E-state index in [2.05, 4.69) is 48.5 Å². The van der Waals surface area contributed by atoms with Crippen LogP contribution in [0.2, 0.25) is 0 Å². The predicted octanol–water partition coefficient (Wildman–Crippen LogP) is 3.79. The van der Waals surface area contributed by atoms with Crippen molar-refractivity contribution in [2.75, 3.05) is 0 Å². The van der Waals surface area contributed by atoms with Crippen LogP contribution >= 0.6 is 0 Å². The predicted molar refractivity (Wildman–Crippen MR) is 60.3 cm³/mol. The summed E-state index contributed by atoms with van der Waals surface area (Å²) in [5.41, 5.74) is 0. The third-order valence-electron chi connectivity index (χ3n) is 2.53. The summed E-state index contributed by atoms with van der Waals surface area (Å²) in [5.74, 6) is 0. The zero-order valence-electron chi connectivity index (χ0n) is 8.10. The van der Waals surface area contributed by atoms with E-state index in [4.69, 9.17) is 0 Å². The maximum atomic E-state index is 3.24. The second kappa shape index (κ2) is 4.16. The Balaban J connectivity index is 0.000000853. The first-order chi connectivity index (χ1) is 6.93. The van der Waals surface area contributed by atoms with Crippen molar-refractivity contribution in [3.05, 3.63) is 60.7 Å². The molecule has 3 aromatic carbocycles. The fourth-order valence-electron chi connectivity index (χ4n) is 1.81. The molecule has 0 saturated carbocycles. The first-order valence-electron chi connectivity index (χ1n) is 4.73. The van der Waals surface area contributed by atoms with Gasteiger partial charge in [-0.25, -0.2) is 0 Å². The maximum absolute atomic E-state index is 3.24. The van der Waals surface area contributed by atoms with Gasteiger partial charge in [0, 0.05) is 21.1 Å². The fourth-order valence-corrected chi connectivity index (χ4v) is 1.81. The topological polar surface area (TPSA) is 0 Å². The SMILES string of the molecule is [Mo].[c-]1cccc2cc3ccccc3cc12. The van der Waals surface area contributed by atoms with Gasteiger partial charge < -0.3 is 0 Å². The van der Waals surface area contributed by atoms with E-state index in [0.29, 0.717) is 0 Å². The molecule has 0 aliphatic carbocycles. The fraction of sp³-hybridized carbons (Fsp3) is 0. The molecule has 0 aliphatic heterocycles. The van der Waals surface area contributed by atoms with Crippen LogP contribution in [0.4, 0.5) is 0 Å². The first kappa shape index (κ1) is 10.4. The molecule has 0 N–H and O–H groups in total. The van der Waals surface area contributed by atoms with Crippen LogP contribution in [0.15, 0.2) is 54.6 Å². The molecule has 1 heteroatoms. The Kier molecular flexibility index (Phi) is 2.88. The van der Waals surface area contributed by atoms with E-state index in [1.54, 1.807) is 0 Å². The third kappa shape index (κ3) is 1.82. The van der Waals surface area contributed by atoms with Crippen molar-refractivity contribution in [3.8, 4) is 0 Å². The smallest absolute Gasteiger partial charge is 0 e.